The lowest BCUT2D eigenvalue weighted by Crippen LogP contribution is -2.07. The molecule has 3 heteroatoms. The van der Waals surface area contributed by atoms with Gasteiger partial charge in [-0.3, -0.25) is 4.79 Å². The molecule has 1 aromatic carbocycles. The molecule has 2 aromatic rings. The topological polar surface area (TPSA) is 45.8 Å². The fourth-order valence-electron chi connectivity index (χ4n) is 1.77. The molecule has 2 rings (SSSR count). The number of hydrogen-bond donors (Lipinski definition) is 0. The van der Waals surface area contributed by atoms with Gasteiger partial charge in [-0.15, -0.1) is 0 Å². The Morgan fingerprint density at radius 1 is 1.44 bits per heavy atom. The maximum atomic E-state index is 11.4. The predicted molar refractivity (Wildman–Crippen MR) is 62.0 cm³/mol. The Hall–Kier alpha value is -2.08. The van der Waals surface area contributed by atoms with E-state index in [0.717, 1.165) is 10.9 Å². The molecule has 3 nitrogen and oxygen atoms in total. The average Bonchev–Trinajstić information content (AvgIpc) is 2.68. The number of para-hydroxylation sites is 1. The van der Waals surface area contributed by atoms with Crippen LogP contribution in [-0.2, 0) is 11.3 Å². The van der Waals surface area contributed by atoms with Crippen molar-refractivity contribution in [3.63, 3.8) is 0 Å². The Bertz CT molecular complexity index is 575. The Kier molecular flexibility index (Phi) is 2.74. The van der Waals surface area contributed by atoms with E-state index in [0.29, 0.717) is 18.5 Å². The molecule has 0 N–H and O–H groups in total. The Morgan fingerprint density at radius 2 is 2.19 bits per heavy atom. The number of nitrogens with zero attached hydrogens (tertiary/aromatic N) is 2. The number of ketones is 1. The van der Waals surface area contributed by atoms with E-state index in [1.54, 1.807) is 6.20 Å². The molecular formula is C13H12N2O. The molecule has 0 saturated carbocycles. The summed E-state index contributed by atoms with van der Waals surface area (Å²) in [4.78, 5) is 11.4. The van der Waals surface area contributed by atoms with E-state index in [-0.39, 0.29) is 5.78 Å². The van der Waals surface area contributed by atoms with E-state index >= 15 is 0 Å². The van der Waals surface area contributed by atoms with Gasteiger partial charge in [0.25, 0.3) is 0 Å². The minimum atomic E-state index is 0.172. The Labute approximate surface area is 93.9 Å². The minimum absolute atomic E-state index is 0.172. The van der Waals surface area contributed by atoms with E-state index in [2.05, 4.69) is 6.07 Å². The van der Waals surface area contributed by atoms with Gasteiger partial charge in [-0.05, 0) is 6.07 Å². The number of fused-ring (bicyclic) bond motifs is 1. The zero-order valence-corrected chi connectivity index (χ0v) is 9.10. The van der Waals surface area contributed by atoms with E-state index in [1.165, 1.54) is 0 Å². The third-order valence-electron chi connectivity index (χ3n) is 2.65. The third-order valence-corrected chi connectivity index (χ3v) is 2.65. The van der Waals surface area contributed by atoms with Gasteiger partial charge < -0.3 is 4.57 Å². The van der Waals surface area contributed by atoms with Crippen LogP contribution in [-0.4, -0.2) is 10.4 Å². The SMILES string of the molecule is CCC(=O)Cn1cc(C#N)c2ccccc21. The van der Waals surface area contributed by atoms with Crippen LogP contribution in [0.1, 0.15) is 18.9 Å². The van der Waals surface area contributed by atoms with Gasteiger partial charge >= 0.3 is 0 Å². The number of carbonyl (C=O) groups is 1. The summed E-state index contributed by atoms with van der Waals surface area (Å²) >= 11 is 0. The smallest absolute Gasteiger partial charge is 0.152 e. The van der Waals surface area contributed by atoms with Gasteiger partial charge in [0, 0.05) is 23.5 Å². The molecule has 0 unspecified atom stereocenters. The van der Waals surface area contributed by atoms with Gasteiger partial charge in [-0.25, -0.2) is 0 Å². The summed E-state index contributed by atoms with van der Waals surface area (Å²) in [7, 11) is 0. The van der Waals surface area contributed by atoms with Crippen molar-refractivity contribution in [2.75, 3.05) is 0 Å². The number of Topliss-reactive ketones (excluding diaryl/α,β-unsaturated/α-hetero) is 1. The molecule has 16 heavy (non-hydrogen) atoms. The molecule has 0 bridgehead atoms. The average molecular weight is 212 g/mol. The van der Waals surface area contributed by atoms with Crippen LogP contribution >= 0.6 is 0 Å². The summed E-state index contributed by atoms with van der Waals surface area (Å²) in [6.07, 6.45) is 2.27. The fraction of sp³-hybridized carbons (Fsp3) is 0.231. The number of aromatic nitrogens is 1. The molecule has 80 valence electrons. The van der Waals surface area contributed by atoms with Gasteiger partial charge in [0.1, 0.15) is 6.07 Å². The second-order valence-corrected chi connectivity index (χ2v) is 3.69. The van der Waals surface area contributed by atoms with Crippen molar-refractivity contribution in [1.29, 1.82) is 5.26 Å². The summed E-state index contributed by atoms with van der Waals surface area (Å²) in [5.41, 5.74) is 1.57. The lowest BCUT2D eigenvalue weighted by atomic mass is 10.2. The van der Waals surface area contributed by atoms with Crippen LogP contribution in [0.15, 0.2) is 30.5 Å². The fourth-order valence-corrected chi connectivity index (χ4v) is 1.77. The molecule has 0 fully saturated rings. The minimum Gasteiger partial charge on any atom is -0.339 e. The molecule has 0 radical (unpaired) electrons. The van der Waals surface area contributed by atoms with Gasteiger partial charge in [0.05, 0.1) is 12.1 Å². The number of hydrogen-bond acceptors (Lipinski definition) is 2. The summed E-state index contributed by atoms with van der Waals surface area (Å²) in [6, 6.07) is 9.79. The first kappa shape index (κ1) is 10.4. The van der Waals surface area contributed by atoms with Crippen LogP contribution in [0.3, 0.4) is 0 Å². The van der Waals surface area contributed by atoms with Crippen molar-refractivity contribution >= 4 is 16.7 Å². The first-order chi connectivity index (χ1) is 7.76. The normalized spacial score (nSPS) is 10.2. The maximum Gasteiger partial charge on any atom is 0.152 e. The highest BCUT2D eigenvalue weighted by Crippen LogP contribution is 2.20. The van der Waals surface area contributed by atoms with Crippen molar-refractivity contribution in [2.24, 2.45) is 0 Å². The van der Waals surface area contributed by atoms with Crippen LogP contribution < -0.4 is 0 Å². The molecule has 1 aromatic heterocycles. The van der Waals surface area contributed by atoms with Crippen molar-refractivity contribution in [1.82, 2.24) is 4.57 Å². The van der Waals surface area contributed by atoms with Gasteiger partial charge in [-0.2, -0.15) is 5.26 Å². The molecule has 0 aliphatic heterocycles. The van der Waals surface area contributed by atoms with E-state index in [1.807, 2.05) is 35.8 Å². The highest BCUT2D eigenvalue weighted by Gasteiger charge is 2.09. The van der Waals surface area contributed by atoms with Crippen LogP contribution in [0.4, 0.5) is 0 Å². The predicted octanol–water partition coefficient (Wildman–Crippen LogP) is 2.49. The standard InChI is InChI=1S/C13H12N2O/c1-2-11(16)9-15-8-10(7-14)12-5-3-4-6-13(12)15/h3-6,8H,2,9H2,1H3. The van der Waals surface area contributed by atoms with E-state index < -0.39 is 0 Å². The van der Waals surface area contributed by atoms with Crippen molar-refractivity contribution in [3.05, 3.63) is 36.0 Å². The lowest BCUT2D eigenvalue weighted by Gasteiger charge is -2.02. The molecule has 0 saturated heterocycles. The van der Waals surface area contributed by atoms with Gasteiger partial charge in [0.2, 0.25) is 0 Å². The second kappa shape index (κ2) is 4.19. The quantitative estimate of drug-likeness (QED) is 0.784. The second-order valence-electron chi connectivity index (χ2n) is 3.69. The monoisotopic (exact) mass is 212 g/mol. The zero-order chi connectivity index (χ0) is 11.5. The van der Waals surface area contributed by atoms with Gasteiger partial charge in [-0.1, -0.05) is 25.1 Å². The molecule has 0 spiro atoms. The Morgan fingerprint density at radius 3 is 2.88 bits per heavy atom. The highest BCUT2D eigenvalue weighted by atomic mass is 16.1. The van der Waals surface area contributed by atoms with Crippen molar-refractivity contribution in [3.8, 4) is 6.07 Å². The number of carbonyl (C=O) groups excluding carboxylic acids is 1. The Balaban J connectivity index is 2.54. The van der Waals surface area contributed by atoms with Crippen molar-refractivity contribution in [2.45, 2.75) is 19.9 Å². The summed E-state index contributed by atoms with van der Waals surface area (Å²) < 4.78 is 1.85. The first-order valence-corrected chi connectivity index (χ1v) is 5.26. The van der Waals surface area contributed by atoms with E-state index in [4.69, 9.17) is 5.26 Å². The van der Waals surface area contributed by atoms with Crippen LogP contribution in [0.5, 0.6) is 0 Å². The lowest BCUT2D eigenvalue weighted by molar-refractivity contribution is -0.119. The number of nitriles is 1. The highest BCUT2D eigenvalue weighted by molar-refractivity contribution is 5.88. The molecule has 0 aliphatic rings. The molecule has 0 atom stereocenters. The summed E-state index contributed by atoms with van der Waals surface area (Å²) in [6.45, 7) is 2.19. The third kappa shape index (κ3) is 1.70. The zero-order valence-electron chi connectivity index (χ0n) is 9.10. The number of rotatable bonds is 3. The van der Waals surface area contributed by atoms with Gasteiger partial charge in [0.15, 0.2) is 5.78 Å². The van der Waals surface area contributed by atoms with Crippen LogP contribution in [0.2, 0.25) is 0 Å². The molecule has 0 aliphatic carbocycles. The van der Waals surface area contributed by atoms with E-state index in [9.17, 15) is 4.79 Å². The van der Waals surface area contributed by atoms with Crippen molar-refractivity contribution < 1.29 is 4.79 Å². The van der Waals surface area contributed by atoms with Crippen LogP contribution in [0.25, 0.3) is 10.9 Å². The van der Waals surface area contributed by atoms with Crippen LogP contribution in [0, 0.1) is 11.3 Å². The molecule has 1 heterocycles. The number of benzene rings is 1. The summed E-state index contributed by atoms with van der Waals surface area (Å²) in [5, 5.41) is 9.90. The first-order valence-electron chi connectivity index (χ1n) is 5.26. The molecule has 0 amide bonds. The summed E-state index contributed by atoms with van der Waals surface area (Å²) in [5.74, 6) is 0.172. The molecular weight excluding hydrogens is 200 g/mol. The maximum absolute atomic E-state index is 11.4. The largest absolute Gasteiger partial charge is 0.339 e.